The molecular formula is C4H14Cl2Si. The molecule has 0 aromatic carbocycles. The lowest BCUT2D eigenvalue weighted by atomic mass is 10.4. The maximum atomic E-state index is 2.23. The Hall–Kier alpha value is 0.797. The van der Waals surface area contributed by atoms with Crippen molar-refractivity contribution < 1.29 is 0 Å². The van der Waals surface area contributed by atoms with E-state index in [0.29, 0.717) is 0 Å². The molecule has 0 atom stereocenters. The average molecular weight is 161 g/mol. The Labute approximate surface area is 61.3 Å². The summed E-state index contributed by atoms with van der Waals surface area (Å²) in [6, 6.07) is 1.48. The third kappa shape index (κ3) is 20.0. The summed E-state index contributed by atoms with van der Waals surface area (Å²) in [6.45, 7) is 2.23. The van der Waals surface area contributed by atoms with Gasteiger partial charge in [-0.3, -0.25) is 0 Å². The molecule has 7 heavy (non-hydrogen) atoms. The Morgan fingerprint density at radius 1 is 1.29 bits per heavy atom. The van der Waals surface area contributed by atoms with Crippen LogP contribution in [0.2, 0.25) is 6.04 Å². The molecule has 0 unspecified atom stereocenters. The largest absolute Gasteiger partial charge is 0.147 e. The van der Waals surface area contributed by atoms with Crippen LogP contribution < -0.4 is 0 Å². The summed E-state index contributed by atoms with van der Waals surface area (Å²) in [7, 11) is 1.40. The molecule has 3 heteroatoms. The SMILES string of the molecule is CCCC[SiH3].Cl.Cl. The predicted molar refractivity (Wildman–Crippen MR) is 44.2 cm³/mol. The molecule has 0 aromatic heterocycles. The van der Waals surface area contributed by atoms with Crippen molar-refractivity contribution >= 4 is 35.1 Å². The van der Waals surface area contributed by atoms with Crippen LogP contribution in [0.5, 0.6) is 0 Å². The molecule has 0 nitrogen and oxygen atoms in total. The molecule has 0 aliphatic carbocycles. The molecule has 0 amide bonds. The Morgan fingerprint density at radius 2 is 1.71 bits per heavy atom. The third-order valence-corrected chi connectivity index (χ3v) is 1.41. The average Bonchev–Trinajstić information content (AvgIpc) is 1.41. The van der Waals surface area contributed by atoms with E-state index in [9.17, 15) is 0 Å². The van der Waals surface area contributed by atoms with E-state index in [1.807, 2.05) is 0 Å². The lowest BCUT2D eigenvalue weighted by Gasteiger charge is -1.79. The van der Waals surface area contributed by atoms with Gasteiger partial charge in [0.1, 0.15) is 0 Å². The minimum absolute atomic E-state index is 0. The summed E-state index contributed by atoms with van der Waals surface area (Å²) in [5, 5.41) is 0. The fraction of sp³-hybridized carbons (Fsp3) is 1.00. The summed E-state index contributed by atoms with van der Waals surface area (Å²) in [6.07, 6.45) is 2.83. The summed E-state index contributed by atoms with van der Waals surface area (Å²) >= 11 is 0. The Bertz CT molecular complexity index is 17.2. The van der Waals surface area contributed by atoms with Gasteiger partial charge in [0.05, 0.1) is 0 Å². The van der Waals surface area contributed by atoms with Gasteiger partial charge in [-0.05, 0) is 0 Å². The Morgan fingerprint density at radius 3 is 1.71 bits per heavy atom. The first kappa shape index (κ1) is 15.7. The maximum absolute atomic E-state index is 2.23. The molecule has 0 aliphatic heterocycles. The molecule has 48 valence electrons. The zero-order valence-electron chi connectivity index (χ0n) is 4.94. The van der Waals surface area contributed by atoms with Gasteiger partial charge in [0.2, 0.25) is 0 Å². The standard InChI is InChI=1S/C4H12Si.2ClH/c1-2-3-4-5;;/h2-4H2,1,5H3;2*1H. The highest BCUT2D eigenvalue weighted by molar-refractivity contribution is 6.08. The van der Waals surface area contributed by atoms with Gasteiger partial charge in [0.25, 0.3) is 0 Å². The smallest absolute Gasteiger partial charge is 0.00279 e. The van der Waals surface area contributed by atoms with Crippen LogP contribution in [0.25, 0.3) is 0 Å². The van der Waals surface area contributed by atoms with Crippen molar-refractivity contribution in [3.8, 4) is 0 Å². The lowest BCUT2D eigenvalue weighted by molar-refractivity contribution is 0.884. The highest BCUT2D eigenvalue weighted by Gasteiger charge is 1.68. The molecule has 0 rings (SSSR count). The van der Waals surface area contributed by atoms with Crippen LogP contribution in [0.1, 0.15) is 19.8 Å². The molecule has 0 bridgehead atoms. The van der Waals surface area contributed by atoms with Crippen LogP contribution in [0, 0.1) is 0 Å². The first-order chi connectivity index (χ1) is 2.41. The minimum atomic E-state index is 0. The number of unbranched alkanes of at least 4 members (excludes halogenated alkanes) is 1. The normalized spacial score (nSPS) is 6.43. The predicted octanol–water partition coefficient (Wildman–Crippen LogP) is 1.41. The highest BCUT2D eigenvalue weighted by Crippen LogP contribution is 1.86. The van der Waals surface area contributed by atoms with Crippen molar-refractivity contribution in [3.63, 3.8) is 0 Å². The fourth-order valence-electron chi connectivity index (χ4n) is 0.354. The summed E-state index contributed by atoms with van der Waals surface area (Å²) in [4.78, 5) is 0. The van der Waals surface area contributed by atoms with Gasteiger partial charge in [-0.2, -0.15) is 0 Å². The van der Waals surface area contributed by atoms with E-state index in [1.165, 1.54) is 29.1 Å². The summed E-state index contributed by atoms with van der Waals surface area (Å²) < 4.78 is 0. The molecule has 0 saturated carbocycles. The van der Waals surface area contributed by atoms with E-state index >= 15 is 0 Å². The maximum Gasteiger partial charge on any atom is 0.00279 e. The molecule has 0 aromatic rings. The number of hydrogen-bond donors (Lipinski definition) is 0. The van der Waals surface area contributed by atoms with Crippen molar-refractivity contribution in [1.82, 2.24) is 0 Å². The van der Waals surface area contributed by atoms with Crippen LogP contribution in [0.15, 0.2) is 0 Å². The van der Waals surface area contributed by atoms with Gasteiger partial charge in [-0.1, -0.05) is 25.8 Å². The van der Waals surface area contributed by atoms with E-state index in [1.54, 1.807) is 0 Å². The number of halogens is 2. The summed E-state index contributed by atoms with van der Waals surface area (Å²) in [5.41, 5.74) is 0. The molecule has 0 heterocycles. The fourth-order valence-corrected chi connectivity index (χ4v) is 1.06. The van der Waals surface area contributed by atoms with Crippen LogP contribution >= 0.6 is 24.8 Å². The zero-order valence-corrected chi connectivity index (χ0v) is 8.57. The molecular weight excluding hydrogens is 147 g/mol. The molecule has 0 spiro atoms. The molecule has 0 saturated heterocycles. The van der Waals surface area contributed by atoms with Gasteiger partial charge >= 0.3 is 0 Å². The monoisotopic (exact) mass is 160 g/mol. The van der Waals surface area contributed by atoms with Crippen LogP contribution in [0.3, 0.4) is 0 Å². The zero-order chi connectivity index (χ0) is 4.12. The van der Waals surface area contributed by atoms with Gasteiger partial charge in [0, 0.05) is 10.2 Å². The minimum Gasteiger partial charge on any atom is -0.147 e. The van der Waals surface area contributed by atoms with Gasteiger partial charge in [-0.15, -0.1) is 24.8 Å². The van der Waals surface area contributed by atoms with Crippen molar-refractivity contribution in [2.75, 3.05) is 0 Å². The lowest BCUT2D eigenvalue weighted by Crippen LogP contribution is -1.63. The third-order valence-electron chi connectivity index (χ3n) is 0.707. The van der Waals surface area contributed by atoms with Crippen molar-refractivity contribution in [3.05, 3.63) is 0 Å². The van der Waals surface area contributed by atoms with E-state index in [0.717, 1.165) is 0 Å². The molecule has 0 radical (unpaired) electrons. The van der Waals surface area contributed by atoms with E-state index < -0.39 is 0 Å². The van der Waals surface area contributed by atoms with Crippen molar-refractivity contribution in [2.45, 2.75) is 25.8 Å². The number of rotatable bonds is 2. The quantitative estimate of drug-likeness (QED) is 0.537. The van der Waals surface area contributed by atoms with Crippen LogP contribution in [-0.4, -0.2) is 10.2 Å². The Balaban J connectivity index is -0.0000000800. The first-order valence-electron chi connectivity index (χ1n) is 2.41. The number of hydrogen-bond acceptors (Lipinski definition) is 0. The van der Waals surface area contributed by atoms with E-state index in [-0.39, 0.29) is 24.8 Å². The highest BCUT2D eigenvalue weighted by atomic mass is 35.5. The summed E-state index contributed by atoms with van der Waals surface area (Å²) in [5.74, 6) is 0. The molecule has 0 N–H and O–H groups in total. The van der Waals surface area contributed by atoms with Gasteiger partial charge in [0.15, 0.2) is 0 Å². The second-order valence-electron chi connectivity index (χ2n) is 1.35. The second-order valence-corrected chi connectivity index (χ2v) is 2.35. The molecule has 0 fully saturated rings. The van der Waals surface area contributed by atoms with Crippen LogP contribution in [0.4, 0.5) is 0 Å². The van der Waals surface area contributed by atoms with Crippen molar-refractivity contribution in [1.29, 1.82) is 0 Å². The Kier molecular flexibility index (Phi) is 35.4. The first-order valence-corrected chi connectivity index (χ1v) is 3.83. The van der Waals surface area contributed by atoms with Crippen molar-refractivity contribution in [2.24, 2.45) is 0 Å². The van der Waals surface area contributed by atoms with Gasteiger partial charge < -0.3 is 0 Å². The van der Waals surface area contributed by atoms with Crippen LogP contribution in [-0.2, 0) is 0 Å². The molecule has 0 aliphatic rings. The van der Waals surface area contributed by atoms with E-state index in [2.05, 4.69) is 6.92 Å². The van der Waals surface area contributed by atoms with E-state index in [4.69, 9.17) is 0 Å². The van der Waals surface area contributed by atoms with Gasteiger partial charge in [-0.25, -0.2) is 0 Å². The second kappa shape index (κ2) is 15.8. The topological polar surface area (TPSA) is 0 Å².